The summed E-state index contributed by atoms with van der Waals surface area (Å²) in [6, 6.07) is 7.44. The molecule has 1 amide bonds. The number of nitrogens with one attached hydrogen (secondary N) is 1. The lowest BCUT2D eigenvalue weighted by Gasteiger charge is -2.08. The summed E-state index contributed by atoms with van der Waals surface area (Å²) in [5, 5.41) is 3.37. The van der Waals surface area contributed by atoms with Crippen molar-refractivity contribution in [1.82, 2.24) is 14.5 Å². The van der Waals surface area contributed by atoms with Crippen LogP contribution in [0.15, 0.2) is 43.0 Å². The zero-order valence-corrected chi connectivity index (χ0v) is 16.2. The fourth-order valence-corrected chi connectivity index (χ4v) is 4.31. The fraction of sp³-hybridized carbons (Fsp3) is 0.300. The number of nitrogens with zero attached hydrogens (tertiary/aromatic N) is 3. The summed E-state index contributed by atoms with van der Waals surface area (Å²) in [5.74, 6) is -0.772. The molecule has 1 aliphatic rings. The number of hydrogen-bond acceptors (Lipinski definition) is 6. The van der Waals surface area contributed by atoms with Gasteiger partial charge in [0.2, 0.25) is 0 Å². The zero-order valence-electron chi connectivity index (χ0n) is 15.4. The number of carbonyl (C=O) groups is 2. The predicted octanol–water partition coefficient (Wildman–Crippen LogP) is 3.23. The first-order valence-electron chi connectivity index (χ1n) is 9.16. The Labute approximate surface area is 166 Å². The number of benzene rings is 1. The monoisotopic (exact) mass is 396 g/mol. The molecule has 0 saturated heterocycles. The van der Waals surface area contributed by atoms with E-state index in [0.29, 0.717) is 23.8 Å². The minimum Gasteiger partial charge on any atom is -0.465 e. The smallest absolute Gasteiger partial charge is 0.315 e. The van der Waals surface area contributed by atoms with Crippen molar-refractivity contribution in [2.75, 3.05) is 11.9 Å². The average Bonchev–Trinajstić information content (AvgIpc) is 3.40. The molecule has 1 atom stereocenters. The highest BCUT2D eigenvalue weighted by molar-refractivity contribution is 7.16. The van der Waals surface area contributed by atoms with Gasteiger partial charge in [0.1, 0.15) is 5.92 Å². The second-order valence-electron chi connectivity index (χ2n) is 6.56. The van der Waals surface area contributed by atoms with Gasteiger partial charge in [-0.15, -0.1) is 11.3 Å². The van der Waals surface area contributed by atoms with E-state index in [1.807, 2.05) is 22.9 Å². The van der Waals surface area contributed by atoms with Crippen molar-refractivity contribution in [3.05, 3.63) is 64.7 Å². The van der Waals surface area contributed by atoms with Crippen LogP contribution < -0.4 is 5.32 Å². The van der Waals surface area contributed by atoms with E-state index in [9.17, 15) is 9.59 Å². The summed E-state index contributed by atoms with van der Waals surface area (Å²) in [6.07, 6.45) is 6.90. The Morgan fingerprint density at radius 1 is 1.32 bits per heavy atom. The van der Waals surface area contributed by atoms with Gasteiger partial charge in [0.05, 0.1) is 18.6 Å². The molecule has 3 aromatic rings. The molecule has 0 radical (unpaired) electrons. The van der Waals surface area contributed by atoms with Gasteiger partial charge in [-0.1, -0.05) is 12.1 Å². The molecule has 8 heteroatoms. The van der Waals surface area contributed by atoms with E-state index in [2.05, 4.69) is 15.3 Å². The van der Waals surface area contributed by atoms with Gasteiger partial charge in [-0.05, 0) is 37.5 Å². The fourth-order valence-electron chi connectivity index (χ4n) is 3.27. The third-order valence-corrected chi connectivity index (χ3v) is 5.70. The lowest BCUT2D eigenvalue weighted by atomic mass is 10.1. The molecule has 1 N–H and O–H groups in total. The molecular formula is C20H20N4O3S. The molecule has 0 fully saturated rings. The van der Waals surface area contributed by atoms with Gasteiger partial charge in [-0.25, -0.2) is 9.97 Å². The molecule has 0 bridgehead atoms. The summed E-state index contributed by atoms with van der Waals surface area (Å²) >= 11 is 1.43. The molecule has 2 aromatic heterocycles. The normalized spacial score (nSPS) is 15.2. The third kappa shape index (κ3) is 3.82. The molecule has 0 saturated carbocycles. The van der Waals surface area contributed by atoms with E-state index in [-0.39, 0.29) is 17.8 Å². The maximum absolute atomic E-state index is 12.5. The van der Waals surface area contributed by atoms with E-state index in [0.717, 1.165) is 29.0 Å². The van der Waals surface area contributed by atoms with Crippen LogP contribution >= 0.6 is 11.3 Å². The minimum atomic E-state index is -0.320. The number of imidazole rings is 1. The molecule has 144 valence electrons. The Balaban J connectivity index is 1.42. The van der Waals surface area contributed by atoms with Crippen LogP contribution in [0.1, 0.15) is 45.8 Å². The van der Waals surface area contributed by atoms with Crippen molar-refractivity contribution in [2.45, 2.75) is 32.2 Å². The highest BCUT2D eigenvalue weighted by atomic mass is 32.1. The van der Waals surface area contributed by atoms with Crippen LogP contribution in [0.2, 0.25) is 0 Å². The van der Waals surface area contributed by atoms with Gasteiger partial charge in [0.25, 0.3) is 5.91 Å². The molecule has 1 unspecified atom stereocenters. The summed E-state index contributed by atoms with van der Waals surface area (Å²) in [7, 11) is 0. The van der Waals surface area contributed by atoms with E-state index < -0.39 is 0 Å². The van der Waals surface area contributed by atoms with E-state index >= 15 is 0 Å². The number of amides is 1. The number of anilines is 1. The average molecular weight is 396 g/mol. The van der Waals surface area contributed by atoms with Gasteiger partial charge in [-0.2, -0.15) is 0 Å². The second kappa shape index (κ2) is 7.93. The number of thiazole rings is 1. The van der Waals surface area contributed by atoms with Crippen LogP contribution in [-0.4, -0.2) is 33.0 Å². The number of rotatable bonds is 6. The maximum Gasteiger partial charge on any atom is 0.315 e. The molecule has 0 aliphatic heterocycles. The van der Waals surface area contributed by atoms with Gasteiger partial charge in [0, 0.05) is 29.4 Å². The van der Waals surface area contributed by atoms with Crippen LogP contribution in [0.3, 0.4) is 0 Å². The Morgan fingerprint density at radius 3 is 2.86 bits per heavy atom. The Kier molecular flexibility index (Phi) is 5.21. The van der Waals surface area contributed by atoms with Crippen molar-refractivity contribution in [3.63, 3.8) is 0 Å². The van der Waals surface area contributed by atoms with Crippen molar-refractivity contribution >= 4 is 28.3 Å². The summed E-state index contributed by atoms with van der Waals surface area (Å²) in [5.41, 5.74) is 2.39. The van der Waals surface area contributed by atoms with Crippen LogP contribution in [0.5, 0.6) is 0 Å². The second-order valence-corrected chi connectivity index (χ2v) is 7.64. The highest BCUT2D eigenvalue weighted by Gasteiger charge is 2.33. The summed E-state index contributed by atoms with van der Waals surface area (Å²) in [6.45, 7) is 2.85. The van der Waals surface area contributed by atoms with Crippen molar-refractivity contribution in [1.29, 1.82) is 0 Å². The molecular weight excluding hydrogens is 376 g/mol. The first-order chi connectivity index (χ1) is 13.6. The lowest BCUT2D eigenvalue weighted by Crippen LogP contribution is -2.15. The summed E-state index contributed by atoms with van der Waals surface area (Å²) in [4.78, 5) is 34.1. The SMILES string of the molecule is CCOC(=O)C1CCc2sc(NC(=O)c3ccc(Cn4ccnc4)cc3)nc21. The number of aryl methyl sites for hydroxylation is 1. The van der Waals surface area contributed by atoms with Gasteiger partial charge in [0.15, 0.2) is 5.13 Å². The quantitative estimate of drug-likeness (QED) is 0.647. The predicted molar refractivity (Wildman–Crippen MR) is 106 cm³/mol. The van der Waals surface area contributed by atoms with E-state index in [1.54, 1.807) is 31.6 Å². The number of fused-ring (bicyclic) bond motifs is 1. The van der Waals surface area contributed by atoms with E-state index in [1.165, 1.54) is 11.3 Å². The van der Waals surface area contributed by atoms with E-state index in [4.69, 9.17) is 4.74 Å². The van der Waals surface area contributed by atoms with Gasteiger partial charge >= 0.3 is 5.97 Å². The maximum atomic E-state index is 12.5. The van der Waals surface area contributed by atoms with Crippen LogP contribution in [0, 0.1) is 0 Å². The topological polar surface area (TPSA) is 86.1 Å². The van der Waals surface area contributed by atoms with Crippen LogP contribution in [-0.2, 0) is 22.5 Å². The molecule has 28 heavy (non-hydrogen) atoms. The number of aromatic nitrogens is 3. The number of hydrogen-bond donors (Lipinski definition) is 1. The number of carbonyl (C=O) groups excluding carboxylic acids is 2. The Morgan fingerprint density at radius 2 is 2.14 bits per heavy atom. The molecule has 1 aliphatic carbocycles. The van der Waals surface area contributed by atoms with Gasteiger partial charge in [-0.3, -0.25) is 14.9 Å². The zero-order chi connectivity index (χ0) is 19.5. The molecule has 2 heterocycles. The first kappa shape index (κ1) is 18.4. The Hall–Kier alpha value is -3.00. The highest BCUT2D eigenvalue weighted by Crippen LogP contribution is 2.39. The molecule has 1 aromatic carbocycles. The summed E-state index contributed by atoms with van der Waals surface area (Å²) < 4.78 is 7.09. The lowest BCUT2D eigenvalue weighted by molar-refractivity contribution is -0.145. The Bertz CT molecular complexity index is 980. The largest absolute Gasteiger partial charge is 0.465 e. The van der Waals surface area contributed by atoms with Crippen LogP contribution in [0.25, 0.3) is 0 Å². The third-order valence-electron chi connectivity index (χ3n) is 4.65. The first-order valence-corrected chi connectivity index (χ1v) is 9.98. The minimum absolute atomic E-state index is 0.214. The van der Waals surface area contributed by atoms with Crippen molar-refractivity contribution < 1.29 is 14.3 Å². The molecule has 4 rings (SSSR count). The van der Waals surface area contributed by atoms with Crippen LogP contribution in [0.4, 0.5) is 5.13 Å². The molecule has 0 spiro atoms. The van der Waals surface area contributed by atoms with Gasteiger partial charge < -0.3 is 9.30 Å². The standard InChI is InChI=1S/C20H20N4O3S/c1-2-27-19(26)15-7-8-16-17(15)22-20(28-16)23-18(25)14-5-3-13(4-6-14)11-24-10-9-21-12-24/h3-6,9-10,12,15H,2,7-8,11H2,1H3,(H,22,23,25). The van der Waals surface area contributed by atoms with Crippen molar-refractivity contribution in [3.8, 4) is 0 Å². The number of esters is 1. The van der Waals surface area contributed by atoms with Crippen molar-refractivity contribution in [2.24, 2.45) is 0 Å². The molecule has 7 nitrogen and oxygen atoms in total. The number of ether oxygens (including phenoxy) is 1.